The van der Waals surface area contributed by atoms with Gasteiger partial charge in [0.15, 0.2) is 16.2 Å². The van der Waals surface area contributed by atoms with Gasteiger partial charge in [-0.3, -0.25) is 0 Å². The molecule has 0 saturated heterocycles. The van der Waals surface area contributed by atoms with E-state index in [1.165, 1.54) is 25.3 Å². The molecule has 0 aliphatic rings. The van der Waals surface area contributed by atoms with Crippen molar-refractivity contribution in [2.24, 2.45) is 0 Å². The van der Waals surface area contributed by atoms with Gasteiger partial charge in [-0.1, -0.05) is 29.8 Å². The normalized spacial score (nSPS) is 11.6. The van der Waals surface area contributed by atoms with Gasteiger partial charge in [0.2, 0.25) is 9.84 Å². The van der Waals surface area contributed by atoms with E-state index in [0.29, 0.717) is 11.1 Å². The van der Waals surface area contributed by atoms with Gasteiger partial charge in [-0.2, -0.15) is 0 Å². The van der Waals surface area contributed by atoms with E-state index < -0.39 is 15.5 Å². The SMILES string of the molecule is COc1cccc2cc(S(=O)(=O)c3ccc(C)cc3)c(=O)oc12. The molecule has 0 aliphatic heterocycles. The lowest BCUT2D eigenvalue weighted by Crippen LogP contribution is -2.14. The Labute approximate surface area is 133 Å². The Morgan fingerprint density at radius 2 is 1.74 bits per heavy atom. The van der Waals surface area contributed by atoms with E-state index in [4.69, 9.17) is 9.15 Å². The van der Waals surface area contributed by atoms with E-state index in [0.717, 1.165) is 5.56 Å². The third kappa shape index (κ3) is 2.61. The summed E-state index contributed by atoms with van der Waals surface area (Å²) < 4.78 is 35.7. The molecule has 0 amide bonds. The van der Waals surface area contributed by atoms with Crippen molar-refractivity contribution in [2.45, 2.75) is 16.7 Å². The predicted molar refractivity (Wildman–Crippen MR) is 85.7 cm³/mol. The second kappa shape index (κ2) is 5.55. The second-order valence-corrected chi connectivity index (χ2v) is 7.01. The highest BCUT2D eigenvalue weighted by atomic mass is 32.2. The summed E-state index contributed by atoms with van der Waals surface area (Å²) in [5.74, 6) is 0.374. The van der Waals surface area contributed by atoms with Crippen LogP contribution in [0.4, 0.5) is 0 Å². The van der Waals surface area contributed by atoms with Crippen LogP contribution >= 0.6 is 0 Å². The third-order valence-corrected chi connectivity index (χ3v) is 5.29. The van der Waals surface area contributed by atoms with Crippen LogP contribution in [0.1, 0.15) is 5.56 Å². The Morgan fingerprint density at radius 1 is 1.04 bits per heavy atom. The van der Waals surface area contributed by atoms with E-state index in [1.54, 1.807) is 30.3 Å². The van der Waals surface area contributed by atoms with Crippen LogP contribution in [-0.2, 0) is 9.84 Å². The smallest absolute Gasteiger partial charge is 0.355 e. The molecule has 0 saturated carbocycles. The Morgan fingerprint density at radius 3 is 2.39 bits per heavy atom. The van der Waals surface area contributed by atoms with Crippen molar-refractivity contribution in [3.8, 4) is 5.75 Å². The van der Waals surface area contributed by atoms with Gasteiger partial charge in [0.25, 0.3) is 0 Å². The number of ether oxygens (including phenoxy) is 1. The summed E-state index contributed by atoms with van der Waals surface area (Å²) in [6.07, 6.45) is 0. The highest BCUT2D eigenvalue weighted by Crippen LogP contribution is 2.27. The molecule has 1 heterocycles. The molecular formula is C17H14O5S. The Kier molecular flexibility index (Phi) is 3.69. The lowest BCUT2D eigenvalue weighted by Gasteiger charge is -2.07. The lowest BCUT2D eigenvalue weighted by molar-refractivity contribution is 0.405. The van der Waals surface area contributed by atoms with Crippen molar-refractivity contribution in [2.75, 3.05) is 7.11 Å². The molecule has 2 aromatic carbocycles. The fourth-order valence-electron chi connectivity index (χ4n) is 2.29. The van der Waals surface area contributed by atoms with E-state index in [-0.39, 0.29) is 15.4 Å². The van der Waals surface area contributed by atoms with Crippen molar-refractivity contribution in [1.29, 1.82) is 0 Å². The molecule has 1 aromatic heterocycles. The molecule has 0 N–H and O–H groups in total. The number of methoxy groups -OCH3 is 1. The maximum atomic E-state index is 12.7. The first kappa shape index (κ1) is 15.3. The molecular weight excluding hydrogens is 316 g/mol. The van der Waals surface area contributed by atoms with Crippen LogP contribution in [0.15, 0.2) is 67.5 Å². The number of hydrogen-bond acceptors (Lipinski definition) is 5. The van der Waals surface area contributed by atoms with Crippen LogP contribution in [0.5, 0.6) is 5.75 Å². The van der Waals surface area contributed by atoms with Crippen molar-refractivity contribution in [1.82, 2.24) is 0 Å². The topological polar surface area (TPSA) is 73.6 Å². The summed E-state index contributed by atoms with van der Waals surface area (Å²) >= 11 is 0. The zero-order chi connectivity index (χ0) is 16.6. The van der Waals surface area contributed by atoms with E-state index in [2.05, 4.69) is 0 Å². The summed E-state index contributed by atoms with van der Waals surface area (Å²) in [5.41, 5.74) is 0.240. The first-order valence-corrected chi connectivity index (χ1v) is 8.34. The fourth-order valence-corrected chi connectivity index (χ4v) is 3.58. The predicted octanol–water partition coefficient (Wildman–Crippen LogP) is 2.94. The van der Waals surface area contributed by atoms with Gasteiger partial charge in [-0.15, -0.1) is 0 Å². The van der Waals surface area contributed by atoms with Crippen molar-refractivity contribution in [3.63, 3.8) is 0 Å². The summed E-state index contributed by atoms with van der Waals surface area (Å²) in [5, 5.41) is 0.481. The van der Waals surface area contributed by atoms with Gasteiger partial charge < -0.3 is 9.15 Å². The molecule has 0 unspecified atom stereocenters. The molecule has 0 fully saturated rings. The van der Waals surface area contributed by atoms with Gasteiger partial charge in [0.05, 0.1) is 12.0 Å². The van der Waals surface area contributed by atoms with Crippen LogP contribution in [-0.4, -0.2) is 15.5 Å². The monoisotopic (exact) mass is 330 g/mol. The molecule has 5 nitrogen and oxygen atoms in total. The van der Waals surface area contributed by atoms with E-state index >= 15 is 0 Å². The minimum absolute atomic E-state index is 0.0534. The molecule has 0 aliphatic carbocycles. The average Bonchev–Trinajstić information content (AvgIpc) is 2.54. The van der Waals surface area contributed by atoms with Crippen LogP contribution in [0.3, 0.4) is 0 Å². The van der Waals surface area contributed by atoms with Crippen molar-refractivity contribution >= 4 is 20.8 Å². The zero-order valence-electron chi connectivity index (χ0n) is 12.6. The number of benzene rings is 2. The van der Waals surface area contributed by atoms with Crippen LogP contribution in [0, 0.1) is 6.92 Å². The Balaban J connectivity index is 2.26. The molecule has 0 spiro atoms. The van der Waals surface area contributed by atoms with Crippen molar-refractivity contribution < 1.29 is 17.6 Å². The van der Waals surface area contributed by atoms with E-state index in [9.17, 15) is 13.2 Å². The highest BCUT2D eigenvalue weighted by molar-refractivity contribution is 7.91. The number of rotatable bonds is 3. The van der Waals surface area contributed by atoms with Crippen molar-refractivity contribution in [3.05, 3.63) is 64.5 Å². The minimum Gasteiger partial charge on any atom is -0.493 e. The molecule has 0 radical (unpaired) electrons. The average molecular weight is 330 g/mol. The number of hydrogen-bond donors (Lipinski definition) is 0. The Bertz CT molecular complexity index is 1030. The van der Waals surface area contributed by atoms with Gasteiger partial charge in [0.1, 0.15) is 0 Å². The molecule has 118 valence electrons. The van der Waals surface area contributed by atoms with Gasteiger partial charge in [0, 0.05) is 5.39 Å². The van der Waals surface area contributed by atoms with Crippen LogP contribution in [0.2, 0.25) is 0 Å². The highest BCUT2D eigenvalue weighted by Gasteiger charge is 2.23. The van der Waals surface area contributed by atoms with Gasteiger partial charge in [-0.25, -0.2) is 13.2 Å². The summed E-state index contributed by atoms with van der Waals surface area (Å²) in [4.78, 5) is 11.9. The molecule has 23 heavy (non-hydrogen) atoms. The lowest BCUT2D eigenvalue weighted by atomic mass is 10.2. The molecule has 0 bridgehead atoms. The molecule has 3 aromatic rings. The third-order valence-electron chi connectivity index (χ3n) is 3.53. The summed E-state index contributed by atoms with van der Waals surface area (Å²) in [6, 6.07) is 12.6. The summed E-state index contributed by atoms with van der Waals surface area (Å²) in [7, 11) is -2.49. The quantitative estimate of drug-likeness (QED) is 0.690. The minimum atomic E-state index is -3.94. The van der Waals surface area contributed by atoms with Crippen LogP contribution in [0.25, 0.3) is 11.0 Å². The standard InChI is InChI=1S/C17H14O5S/c1-11-6-8-13(9-7-11)23(19,20)15-10-12-4-3-5-14(21-2)16(12)22-17(15)18/h3-10H,1-2H3. The number of fused-ring (bicyclic) bond motifs is 1. The second-order valence-electron chi connectivity index (χ2n) is 5.09. The maximum Gasteiger partial charge on any atom is 0.355 e. The molecule has 3 rings (SSSR count). The first-order chi connectivity index (χ1) is 10.9. The largest absolute Gasteiger partial charge is 0.493 e. The number of para-hydroxylation sites is 1. The zero-order valence-corrected chi connectivity index (χ0v) is 13.4. The van der Waals surface area contributed by atoms with Crippen LogP contribution < -0.4 is 10.4 Å². The molecule has 6 heteroatoms. The maximum absolute atomic E-state index is 12.7. The first-order valence-electron chi connectivity index (χ1n) is 6.86. The van der Waals surface area contributed by atoms with Gasteiger partial charge in [-0.05, 0) is 31.2 Å². The van der Waals surface area contributed by atoms with E-state index in [1.807, 2.05) is 6.92 Å². The number of aryl methyl sites for hydroxylation is 1. The number of sulfone groups is 1. The molecule has 0 atom stereocenters. The summed E-state index contributed by atoms with van der Waals surface area (Å²) in [6.45, 7) is 1.85. The fraction of sp³-hybridized carbons (Fsp3) is 0.118. The Hall–Kier alpha value is -2.60. The van der Waals surface area contributed by atoms with Gasteiger partial charge >= 0.3 is 5.63 Å².